The first-order valence-electron chi connectivity index (χ1n) is 15.0. The van der Waals surface area contributed by atoms with Gasteiger partial charge in [-0.05, 0) is 64.5 Å². The first-order chi connectivity index (χ1) is 20.5. The van der Waals surface area contributed by atoms with E-state index in [1.807, 2.05) is 13.8 Å². The number of rotatable bonds is 10. The van der Waals surface area contributed by atoms with Crippen molar-refractivity contribution in [2.24, 2.45) is 11.8 Å². The van der Waals surface area contributed by atoms with Crippen LogP contribution in [0.3, 0.4) is 0 Å². The Kier molecular flexibility index (Phi) is 8.51. The molecule has 14 heteroatoms. The Hall–Kier alpha value is -3.55. The number of carbonyl (C=O) groups is 2. The summed E-state index contributed by atoms with van der Waals surface area (Å²) in [6, 6.07) is 1.55. The lowest BCUT2D eigenvalue weighted by Crippen LogP contribution is -2.44. The molecule has 5 rings (SSSR count). The third-order valence-electron chi connectivity index (χ3n) is 8.58. The minimum atomic E-state index is -2.76. The number of alkyl halides is 4. The molecule has 0 unspecified atom stereocenters. The Morgan fingerprint density at radius 3 is 2.39 bits per heavy atom. The number of aliphatic hydroxyl groups is 1. The van der Waals surface area contributed by atoms with Crippen LogP contribution in [0, 0.1) is 11.8 Å². The van der Waals surface area contributed by atoms with Gasteiger partial charge in [-0.25, -0.2) is 27.1 Å². The van der Waals surface area contributed by atoms with Gasteiger partial charge in [-0.3, -0.25) is 14.3 Å². The SMILES string of the molecule is CC(C)n1nccc1C(=O)N[C@H](c1cn2ncc([C@@H](NC(=O)CC3CC(F)(F)C3)C(C)(C)O)cc2n1)C1CCC(F)(F)CC1. The molecule has 2 saturated carbocycles. The third-order valence-corrected chi connectivity index (χ3v) is 8.58. The summed E-state index contributed by atoms with van der Waals surface area (Å²) < 4.78 is 57.7. The maximum absolute atomic E-state index is 14.1. The molecule has 3 N–H and O–H groups in total. The Morgan fingerprint density at radius 1 is 1.09 bits per heavy atom. The van der Waals surface area contributed by atoms with Crippen LogP contribution in [0.1, 0.15) is 113 Å². The predicted molar refractivity (Wildman–Crippen MR) is 152 cm³/mol. The van der Waals surface area contributed by atoms with Crippen molar-refractivity contribution in [3.05, 3.63) is 47.7 Å². The summed E-state index contributed by atoms with van der Waals surface area (Å²) >= 11 is 0. The Bertz CT molecular complexity index is 1500. The van der Waals surface area contributed by atoms with Gasteiger partial charge in [0.25, 0.3) is 5.91 Å². The number of hydrogen-bond donors (Lipinski definition) is 3. The van der Waals surface area contributed by atoms with Crippen molar-refractivity contribution in [3.8, 4) is 0 Å². The van der Waals surface area contributed by atoms with Crippen LogP contribution in [0.4, 0.5) is 17.6 Å². The second kappa shape index (κ2) is 11.8. The molecule has 2 amide bonds. The van der Waals surface area contributed by atoms with Crippen LogP contribution in [0.15, 0.2) is 30.7 Å². The van der Waals surface area contributed by atoms with Crippen LogP contribution < -0.4 is 10.6 Å². The number of carbonyl (C=O) groups excluding carboxylic acids is 2. The van der Waals surface area contributed by atoms with Crippen molar-refractivity contribution in [2.75, 3.05) is 0 Å². The molecular weight excluding hydrogens is 582 g/mol. The molecule has 44 heavy (non-hydrogen) atoms. The van der Waals surface area contributed by atoms with E-state index in [0.29, 0.717) is 22.6 Å². The van der Waals surface area contributed by atoms with Gasteiger partial charge in [0.05, 0.1) is 35.8 Å². The Balaban J connectivity index is 1.41. The number of amides is 2. The zero-order valence-electron chi connectivity index (χ0n) is 25.2. The minimum Gasteiger partial charge on any atom is -0.388 e. The Morgan fingerprint density at radius 2 is 1.77 bits per heavy atom. The van der Waals surface area contributed by atoms with E-state index in [4.69, 9.17) is 4.98 Å². The maximum Gasteiger partial charge on any atom is 0.270 e. The fraction of sp³-hybridized carbons (Fsp3) is 0.633. The average Bonchev–Trinajstić information content (AvgIpc) is 3.56. The van der Waals surface area contributed by atoms with Crippen LogP contribution in [-0.4, -0.2) is 58.7 Å². The second-order valence-corrected chi connectivity index (χ2v) is 13.1. The van der Waals surface area contributed by atoms with Crippen LogP contribution in [-0.2, 0) is 4.79 Å². The average molecular weight is 622 g/mol. The van der Waals surface area contributed by atoms with E-state index in [-0.39, 0.29) is 56.9 Å². The lowest BCUT2D eigenvalue weighted by molar-refractivity contribution is -0.135. The van der Waals surface area contributed by atoms with E-state index in [0.717, 1.165) is 0 Å². The standard InChI is InChI=1S/C30H39F4N7O3/c1-17(2)41-22(7-10-35-41)27(43)39-25(19-5-8-29(31,32)9-6-19)21-16-40-23(37-21)12-20(15-36-40)26(28(3,4)44)38-24(42)11-18-13-30(33,34)14-18/h7,10,12,15-19,25-26,44H,5-6,8-9,11,13-14H2,1-4H3,(H,38,42)(H,39,43)/t25-,26+/m0/s1. The van der Waals surface area contributed by atoms with Gasteiger partial charge in [0.2, 0.25) is 17.8 Å². The third kappa shape index (κ3) is 7.05. The minimum absolute atomic E-state index is 0.0748. The lowest BCUT2D eigenvalue weighted by Gasteiger charge is -2.35. The van der Waals surface area contributed by atoms with E-state index in [1.165, 1.54) is 30.8 Å². The van der Waals surface area contributed by atoms with Gasteiger partial charge in [0.15, 0.2) is 5.65 Å². The summed E-state index contributed by atoms with van der Waals surface area (Å²) in [5.74, 6) is -7.08. The quantitative estimate of drug-likeness (QED) is 0.268. The highest BCUT2D eigenvalue weighted by Crippen LogP contribution is 2.44. The summed E-state index contributed by atoms with van der Waals surface area (Å²) in [6.07, 6.45) is 3.65. The number of aromatic nitrogens is 5. The van der Waals surface area contributed by atoms with Gasteiger partial charge in [0.1, 0.15) is 5.69 Å². The number of halogens is 4. The van der Waals surface area contributed by atoms with Crippen LogP contribution in [0.2, 0.25) is 0 Å². The molecule has 2 aliphatic rings. The molecule has 0 radical (unpaired) electrons. The number of nitrogens with one attached hydrogen (secondary N) is 2. The molecule has 2 fully saturated rings. The van der Waals surface area contributed by atoms with Gasteiger partial charge >= 0.3 is 0 Å². The van der Waals surface area contributed by atoms with E-state index in [2.05, 4.69) is 20.8 Å². The van der Waals surface area contributed by atoms with Crippen molar-refractivity contribution in [3.63, 3.8) is 0 Å². The van der Waals surface area contributed by atoms with Gasteiger partial charge in [-0.1, -0.05) is 0 Å². The maximum atomic E-state index is 14.1. The zero-order valence-corrected chi connectivity index (χ0v) is 25.2. The van der Waals surface area contributed by atoms with Gasteiger partial charge in [-0.15, -0.1) is 0 Å². The van der Waals surface area contributed by atoms with Crippen LogP contribution in [0.5, 0.6) is 0 Å². The highest BCUT2D eigenvalue weighted by Gasteiger charge is 2.46. The van der Waals surface area contributed by atoms with E-state index in [9.17, 15) is 32.3 Å². The molecule has 3 aromatic rings. The molecule has 3 aromatic heterocycles. The van der Waals surface area contributed by atoms with Crippen molar-refractivity contribution in [1.29, 1.82) is 0 Å². The summed E-state index contributed by atoms with van der Waals surface area (Å²) in [6.45, 7) is 6.82. The molecule has 2 aliphatic carbocycles. The number of nitrogens with zero attached hydrogens (tertiary/aromatic N) is 5. The summed E-state index contributed by atoms with van der Waals surface area (Å²) in [5.41, 5.74) is 0.131. The first kappa shape index (κ1) is 31.9. The highest BCUT2D eigenvalue weighted by atomic mass is 19.3. The van der Waals surface area contributed by atoms with Crippen LogP contribution in [0.25, 0.3) is 5.65 Å². The molecule has 10 nitrogen and oxygen atoms in total. The van der Waals surface area contributed by atoms with E-state index in [1.54, 1.807) is 23.0 Å². The van der Waals surface area contributed by atoms with Gasteiger partial charge < -0.3 is 15.7 Å². The smallest absolute Gasteiger partial charge is 0.270 e. The van der Waals surface area contributed by atoms with Gasteiger partial charge in [-0.2, -0.15) is 10.2 Å². The molecule has 2 atom stereocenters. The van der Waals surface area contributed by atoms with Crippen molar-refractivity contribution in [2.45, 2.75) is 108 Å². The molecule has 3 heterocycles. The molecule has 0 aliphatic heterocycles. The van der Waals surface area contributed by atoms with Crippen molar-refractivity contribution in [1.82, 2.24) is 35.0 Å². The molecule has 0 bridgehead atoms. The number of imidazole rings is 1. The lowest BCUT2D eigenvalue weighted by atomic mass is 9.79. The monoisotopic (exact) mass is 621 g/mol. The first-order valence-corrected chi connectivity index (χ1v) is 15.0. The normalized spacial score (nSPS) is 20.3. The number of fused-ring (bicyclic) bond motifs is 1. The number of hydrogen-bond acceptors (Lipinski definition) is 6. The molecular formula is C30H39F4N7O3. The van der Waals surface area contributed by atoms with E-state index >= 15 is 0 Å². The predicted octanol–water partition coefficient (Wildman–Crippen LogP) is 5.17. The molecule has 0 aromatic carbocycles. The van der Waals surface area contributed by atoms with Gasteiger partial charge in [0, 0.05) is 49.9 Å². The molecule has 0 saturated heterocycles. The zero-order chi connectivity index (χ0) is 32.0. The largest absolute Gasteiger partial charge is 0.388 e. The Labute approximate surface area is 252 Å². The fourth-order valence-electron chi connectivity index (χ4n) is 6.25. The molecule has 240 valence electrons. The summed E-state index contributed by atoms with van der Waals surface area (Å²) in [5, 5.41) is 25.3. The topological polar surface area (TPSA) is 126 Å². The fourth-order valence-corrected chi connectivity index (χ4v) is 6.25. The second-order valence-electron chi connectivity index (χ2n) is 13.1. The molecule has 0 spiro atoms. The summed E-state index contributed by atoms with van der Waals surface area (Å²) in [4.78, 5) is 30.8. The van der Waals surface area contributed by atoms with E-state index < -0.39 is 47.3 Å². The highest BCUT2D eigenvalue weighted by molar-refractivity contribution is 5.92. The summed E-state index contributed by atoms with van der Waals surface area (Å²) in [7, 11) is 0. The van der Waals surface area contributed by atoms with Crippen molar-refractivity contribution >= 4 is 17.5 Å². The van der Waals surface area contributed by atoms with Crippen LogP contribution >= 0.6 is 0 Å². The van der Waals surface area contributed by atoms with Crippen molar-refractivity contribution < 1.29 is 32.3 Å².